The molecule has 212 valence electrons. The fraction of sp³-hybridized carbons (Fsp3) is 0.452. The Kier molecular flexibility index (Phi) is 10.5. The largest absolute Gasteiger partial charge is 0.450 e. The van der Waals surface area contributed by atoms with Crippen LogP contribution in [-0.4, -0.2) is 38.4 Å². The first-order valence-corrected chi connectivity index (χ1v) is 17.4. The van der Waals surface area contributed by atoms with E-state index >= 15 is 0 Å². The smallest absolute Gasteiger partial charge is 0.407 e. The highest BCUT2D eigenvalue weighted by Crippen LogP contribution is 2.37. The van der Waals surface area contributed by atoms with Crippen molar-refractivity contribution in [1.29, 1.82) is 0 Å². The van der Waals surface area contributed by atoms with Gasteiger partial charge in [0.15, 0.2) is 0 Å². The molecule has 0 spiro atoms. The number of alkyl carbamates (subject to hydrolysis) is 1. The van der Waals surface area contributed by atoms with Crippen LogP contribution in [0.15, 0.2) is 60.8 Å². The van der Waals surface area contributed by atoms with E-state index in [1.807, 2.05) is 30.5 Å². The molecule has 1 atom stereocenters. The summed E-state index contributed by atoms with van der Waals surface area (Å²) in [5, 5.41) is 6.49. The second-order valence-corrected chi connectivity index (χ2v) is 18.0. The average molecular weight is 556 g/mol. The highest BCUT2D eigenvalue weighted by molar-refractivity contribution is 6.76. The normalized spacial score (nSPS) is 12.8. The summed E-state index contributed by atoms with van der Waals surface area (Å²) in [6.07, 6.45) is 2.25. The minimum absolute atomic E-state index is 0.0738. The number of carbonyl (C=O) groups excluding carboxylic acids is 1. The minimum atomic E-state index is -1.24. The van der Waals surface area contributed by atoms with Crippen LogP contribution < -0.4 is 10.6 Å². The van der Waals surface area contributed by atoms with Gasteiger partial charge in [-0.15, -0.1) is 0 Å². The van der Waals surface area contributed by atoms with Gasteiger partial charge in [0.05, 0.1) is 12.6 Å². The van der Waals surface area contributed by atoms with Crippen LogP contribution in [0.4, 0.5) is 13.6 Å². The summed E-state index contributed by atoms with van der Waals surface area (Å²) >= 11 is 0. The molecule has 0 saturated carbocycles. The quantitative estimate of drug-likeness (QED) is 0.179. The van der Waals surface area contributed by atoms with Gasteiger partial charge in [-0.3, -0.25) is 0 Å². The summed E-state index contributed by atoms with van der Waals surface area (Å²) in [7, 11) is -1.24. The van der Waals surface area contributed by atoms with E-state index < -0.39 is 19.7 Å². The first-order valence-electron chi connectivity index (χ1n) is 13.7. The van der Waals surface area contributed by atoms with Gasteiger partial charge in [0.25, 0.3) is 0 Å². The van der Waals surface area contributed by atoms with Gasteiger partial charge < -0.3 is 19.9 Å². The predicted octanol–water partition coefficient (Wildman–Crippen LogP) is 7.61. The highest BCUT2D eigenvalue weighted by atomic mass is 28.3. The van der Waals surface area contributed by atoms with Crippen LogP contribution in [0.25, 0.3) is 11.1 Å². The van der Waals surface area contributed by atoms with Crippen LogP contribution in [0.3, 0.4) is 0 Å². The molecule has 0 saturated heterocycles. The van der Waals surface area contributed by atoms with Crippen molar-refractivity contribution in [3.63, 3.8) is 0 Å². The third-order valence-corrected chi connectivity index (χ3v) is 8.29. The number of rotatable bonds is 12. The molecule has 0 aliphatic heterocycles. The number of aromatic nitrogens is 1. The number of hydrogen-bond acceptors (Lipinski definition) is 3. The van der Waals surface area contributed by atoms with E-state index in [-0.39, 0.29) is 23.1 Å². The zero-order valence-corrected chi connectivity index (χ0v) is 25.1. The van der Waals surface area contributed by atoms with Gasteiger partial charge in [-0.1, -0.05) is 70.7 Å². The van der Waals surface area contributed by atoms with Gasteiger partial charge >= 0.3 is 6.09 Å². The highest BCUT2D eigenvalue weighted by Gasteiger charge is 2.29. The monoisotopic (exact) mass is 555 g/mol. The SMILES string of the molecule is CC(C)(C)[C@@H](NCCCNC(=O)OCC[Si](C)(C)C)c1cc(-c2cc(F)ccc2F)cn1Cc1ccccc1. The zero-order chi connectivity index (χ0) is 28.6. The molecule has 0 aliphatic rings. The Morgan fingerprint density at radius 2 is 1.74 bits per heavy atom. The van der Waals surface area contributed by atoms with Gasteiger partial charge in [0, 0.05) is 44.2 Å². The first kappa shape index (κ1) is 30.6. The summed E-state index contributed by atoms with van der Waals surface area (Å²) < 4.78 is 36.2. The summed E-state index contributed by atoms with van der Waals surface area (Å²) in [6, 6.07) is 16.5. The third-order valence-electron chi connectivity index (χ3n) is 6.58. The Bertz CT molecular complexity index is 1220. The fourth-order valence-corrected chi connectivity index (χ4v) is 5.15. The summed E-state index contributed by atoms with van der Waals surface area (Å²) in [6.45, 7) is 15.4. The molecule has 5 nitrogen and oxygen atoms in total. The maximum absolute atomic E-state index is 14.7. The minimum Gasteiger partial charge on any atom is -0.450 e. The molecule has 3 aromatic rings. The molecule has 0 radical (unpaired) electrons. The molecule has 0 unspecified atom stereocenters. The molecule has 1 amide bonds. The van der Waals surface area contributed by atoms with Crippen molar-refractivity contribution in [3.8, 4) is 11.1 Å². The van der Waals surface area contributed by atoms with E-state index in [2.05, 4.69) is 67.7 Å². The lowest BCUT2D eigenvalue weighted by Crippen LogP contribution is -2.36. The van der Waals surface area contributed by atoms with E-state index in [1.54, 1.807) is 0 Å². The number of carbonyl (C=O) groups is 1. The maximum atomic E-state index is 14.7. The number of hydrogen-bond donors (Lipinski definition) is 2. The van der Waals surface area contributed by atoms with Crippen molar-refractivity contribution in [3.05, 3.63) is 83.7 Å². The van der Waals surface area contributed by atoms with Gasteiger partial charge in [-0.05, 0) is 54.3 Å². The summed E-state index contributed by atoms with van der Waals surface area (Å²) in [5.74, 6) is -0.927. The zero-order valence-electron chi connectivity index (χ0n) is 24.1. The van der Waals surface area contributed by atoms with Crippen molar-refractivity contribution in [2.24, 2.45) is 5.41 Å². The topological polar surface area (TPSA) is 55.3 Å². The third kappa shape index (κ3) is 9.62. The molecule has 1 aromatic heterocycles. The Balaban J connectivity index is 1.74. The van der Waals surface area contributed by atoms with Crippen molar-refractivity contribution in [2.75, 3.05) is 19.7 Å². The lowest BCUT2D eigenvalue weighted by Gasteiger charge is -2.33. The molecule has 3 rings (SSSR count). The maximum Gasteiger partial charge on any atom is 0.407 e. The van der Waals surface area contributed by atoms with Crippen LogP contribution in [0.2, 0.25) is 25.7 Å². The molecular formula is C31H43F2N3O2Si. The van der Waals surface area contributed by atoms with Crippen LogP contribution >= 0.6 is 0 Å². The van der Waals surface area contributed by atoms with E-state index in [1.165, 1.54) is 12.1 Å². The van der Waals surface area contributed by atoms with Crippen molar-refractivity contribution in [1.82, 2.24) is 15.2 Å². The molecule has 1 heterocycles. The first-order chi connectivity index (χ1) is 18.3. The predicted molar refractivity (Wildman–Crippen MR) is 158 cm³/mol. The number of benzene rings is 2. The Labute approximate surface area is 233 Å². The standard InChI is InChI=1S/C31H43F2N3O2Si/c1-31(2,3)29(34-15-10-16-35-30(37)38-17-18-39(4,5)6)28-19-24(26-20-25(32)13-14-27(26)33)22-36(28)21-23-11-8-7-9-12-23/h7-9,11-14,19-20,22,29,34H,10,15-18,21H2,1-6H3,(H,35,37)/t29-/m0/s1. The van der Waals surface area contributed by atoms with E-state index in [9.17, 15) is 13.6 Å². The van der Waals surface area contributed by atoms with Crippen LogP contribution in [0.1, 0.15) is 44.5 Å². The van der Waals surface area contributed by atoms with Crippen LogP contribution in [0, 0.1) is 17.0 Å². The van der Waals surface area contributed by atoms with Gasteiger partial charge in [-0.25, -0.2) is 13.6 Å². The number of ether oxygens (including phenoxy) is 1. The van der Waals surface area contributed by atoms with Crippen molar-refractivity contribution >= 4 is 14.2 Å². The number of nitrogens with one attached hydrogen (secondary N) is 2. The molecule has 8 heteroatoms. The number of amides is 1. The van der Waals surface area contributed by atoms with Gasteiger partial charge in [0.2, 0.25) is 0 Å². The molecule has 0 aliphatic carbocycles. The molecular weight excluding hydrogens is 512 g/mol. The Morgan fingerprint density at radius 3 is 2.41 bits per heavy atom. The van der Waals surface area contributed by atoms with E-state index in [0.29, 0.717) is 31.8 Å². The van der Waals surface area contributed by atoms with Crippen molar-refractivity contribution < 1.29 is 18.3 Å². The lowest BCUT2D eigenvalue weighted by atomic mass is 9.84. The molecule has 0 bridgehead atoms. The number of halogens is 2. The van der Waals surface area contributed by atoms with E-state index in [4.69, 9.17) is 4.74 Å². The second-order valence-electron chi connectivity index (χ2n) is 12.4. The van der Waals surface area contributed by atoms with Gasteiger partial charge in [-0.2, -0.15) is 0 Å². The fourth-order valence-electron chi connectivity index (χ4n) is 4.43. The molecule has 2 N–H and O–H groups in total. The second kappa shape index (κ2) is 13.4. The number of nitrogens with zero attached hydrogens (tertiary/aromatic N) is 1. The lowest BCUT2D eigenvalue weighted by molar-refractivity contribution is 0.151. The van der Waals surface area contributed by atoms with E-state index in [0.717, 1.165) is 29.8 Å². The Hall–Kier alpha value is -2.97. The van der Waals surface area contributed by atoms with Gasteiger partial charge in [0.1, 0.15) is 11.6 Å². The van der Waals surface area contributed by atoms with Crippen molar-refractivity contribution in [2.45, 2.75) is 65.5 Å². The molecule has 39 heavy (non-hydrogen) atoms. The van der Waals surface area contributed by atoms with Crippen LogP contribution in [0.5, 0.6) is 0 Å². The average Bonchev–Trinajstić information content (AvgIpc) is 3.24. The molecule has 0 fully saturated rings. The summed E-state index contributed by atoms with van der Waals surface area (Å²) in [4.78, 5) is 12.0. The summed E-state index contributed by atoms with van der Waals surface area (Å²) in [5.41, 5.74) is 2.81. The molecule has 2 aromatic carbocycles. The van der Waals surface area contributed by atoms with Crippen LogP contribution in [-0.2, 0) is 11.3 Å². The Morgan fingerprint density at radius 1 is 1.03 bits per heavy atom.